The van der Waals surface area contributed by atoms with Crippen LogP contribution in [0.5, 0.6) is 0 Å². The highest BCUT2D eigenvalue weighted by Gasteiger charge is 2.32. The van der Waals surface area contributed by atoms with Crippen LogP contribution in [0, 0.1) is 0 Å². The van der Waals surface area contributed by atoms with Gasteiger partial charge in [-0.15, -0.1) is 0 Å². The zero-order chi connectivity index (χ0) is 14.1. The predicted octanol–water partition coefficient (Wildman–Crippen LogP) is 4.23. The van der Waals surface area contributed by atoms with Crippen molar-refractivity contribution < 1.29 is 0 Å². The highest BCUT2D eigenvalue weighted by molar-refractivity contribution is 5.41. The molecule has 4 rings (SSSR count). The fraction of sp³-hybridized carbons (Fsp3) is 0.400. The van der Waals surface area contributed by atoms with Crippen molar-refractivity contribution in [2.45, 2.75) is 37.6 Å². The van der Waals surface area contributed by atoms with Crippen LogP contribution in [0.2, 0.25) is 0 Å². The molecule has 108 valence electrons. The first kappa shape index (κ1) is 13.1. The Labute approximate surface area is 127 Å². The van der Waals surface area contributed by atoms with Gasteiger partial charge >= 0.3 is 0 Å². The van der Waals surface area contributed by atoms with E-state index in [1.165, 1.54) is 44.3 Å². The van der Waals surface area contributed by atoms with E-state index in [0.29, 0.717) is 5.92 Å². The van der Waals surface area contributed by atoms with Gasteiger partial charge in [-0.2, -0.15) is 0 Å². The normalized spacial score (nSPS) is 25.7. The van der Waals surface area contributed by atoms with Gasteiger partial charge in [-0.25, -0.2) is 0 Å². The SMILES string of the molecule is c1ccc(C2CC(N3CCCC3)Cc3ccccc32)cc1. The molecule has 0 bridgehead atoms. The molecule has 1 aliphatic carbocycles. The number of hydrogen-bond acceptors (Lipinski definition) is 1. The van der Waals surface area contributed by atoms with Crippen LogP contribution in [0.15, 0.2) is 54.6 Å². The largest absolute Gasteiger partial charge is 0.300 e. The molecule has 0 amide bonds. The summed E-state index contributed by atoms with van der Waals surface area (Å²) in [6, 6.07) is 20.9. The standard InChI is InChI=1S/C20H23N/c1-2-8-16(9-3-1)20-15-18(21-12-6-7-13-21)14-17-10-4-5-11-19(17)20/h1-5,8-11,18,20H,6-7,12-15H2. The number of likely N-dealkylation sites (tertiary alicyclic amines) is 1. The Morgan fingerprint density at radius 1 is 0.810 bits per heavy atom. The quantitative estimate of drug-likeness (QED) is 0.794. The molecule has 21 heavy (non-hydrogen) atoms. The second-order valence-electron chi connectivity index (χ2n) is 6.50. The van der Waals surface area contributed by atoms with E-state index in [-0.39, 0.29) is 0 Å². The maximum absolute atomic E-state index is 2.73. The Morgan fingerprint density at radius 3 is 2.33 bits per heavy atom. The molecule has 1 aliphatic heterocycles. The van der Waals surface area contributed by atoms with Crippen molar-refractivity contribution in [1.82, 2.24) is 4.90 Å². The molecular weight excluding hydrogens is 254 g/mol. The first-order valence-corrected chi connectivity index (χ1v) is 8.28. The van der Waals surface area contributed by atoms with Crippen LogP contribution in [-0.2, 0) is 6.42 Å². The van der Waals surface area contributed by atoms with Crippen molar-refractivity contribution in [3.63, 3.8) is 0 Å². The Morgan fingerprint density at radius 2 is 1.52 bits per heavy atom. The minimum Gasteiger partial charge on any atom is -0.300 e. The van der Waals surface area contributed by atoms with Crippen molar-refractivity contribution >= 4 is 0 Å². The summed E-state index contributed by atoms with van der Waals surface area (Å²) < 4.78 is 0. The van der Waals surface area contributed by atoms with Crippen molar-refractivity contribution in [1.29, 1.82) is 0 Å². The van der Waals surface area contributed by atoms with Gasteiger partial charge in [0.1, 0.15) is 0 Å². The number of hydrogen-bond donors (Lipinski definition) is 0. The lowest BCUT2D eigenvalue weighted by atomic mass is 9.76. The van der Waals surface area contributed by atoms with Crippen molar-refractivity contribution in [3.8, 4) is 0 Å². The topological polar surface area (TPSA) is 3.24 Å². The van der Waals surface area contributed by atoms with Gasteiger partial charge in [0.05, 0.1) is 0 Å². The number of nitrogens with zero attached hydrogens (tertiary/aromatic N) is 1. The molecule has 1 heteroatoms. The van der Waals surface area contributed by atoms with Crippen LogP contribution in [0.3, 0.4) is 0 Å². The number of fused-ring (bicyclic) bond motifs is 1. The van der Waals surface area contributed by atoms with Gasteiger partial charge in [-0.3, -0.25) is 0 Å². The Hall–Kier alpha value is -1.60. The van der Waals surface area contributed by atoms with Gasteiger partial charge < -0.3 is 4.90 Å². The maximum Gasteiger partial charge on any atom is 0.0145 e. The summed E-state index contributed by atoms with van der Waals surface area (Å²) in [4.78, 5) is 2.73. The summed E-state index contributed by atoms with van der Waals surface area (Å²) in [6.45, 7) is 2.60. The Kier molecular flexibility index (Phi) is 3.52. The minimum absolute atomic E-state index is 0.571. The molecule has 2 aliphatic rings. The van der Waals surface area contributed by atoms with Gasteiger partial charge in [-0.05, 0) is 55.5 Å². The molecule has 1 saturated heterocycles. The molecule has 1 nitrogen and oxygen atoms in total. The molecule has 0 N–H and O–H groups in total. The van der Waals surface area contributed by atoms with Gasteiger partial charge in [0.15, 0.2) is 0 Å². The second kappa shape index (κ2) is 5.65. The molecule has 1 heterocycles. The smallest absolute Gasteiger partial charge is 0.0145 e. The highest BCUT2D eigenvalue weighted by atomic mass is 15.2. The molecule has 0 saturated carbocycles. The van der Waals surface area contributed by atoms with Crippen LogP contribution in [0.1, 0.15) is 41.9 Å². The summed E-state index contributed by atoms with van der Waals surface area (Å²) in [7, 11) is 0. The zero-order valence-corrected chi connectivity index (χ0v) is 12.5. The maximum atomic E-state index is 2.73. The molecule has 2 aromatic rings. The summed E-state index contributed by atoms with van der Waals surface area (Å²) in [5.41, 5.74) is 4.60. The van der Waals surface area contributed by atoms with Crippen molar-refractivity contribution in [2.24, 2.45) is 0 Å². The molecule has 0 radical (unpaired) electrons. The predicted molar refractivity (Wildman–Crippen MR) is 87.6 cm³/mol. The molecule has 2 aromatic carbocycles. The van der Waals surface area contributed by atoms with E-state index in [9.17, 15) is 0 Å². The summed E-state index contributed by atoms with van der Waals surface area (Å²) in [6.07, 6.45) is 5.28. The minimum atomic E-state index is 0.571. The van der Waals surface area contributed by atoms with E-state index in [2.05, 4.69) is 59.5 Å². The van der Waals surface area contributed by atoms with E-state index in [1.807, 2.05) is 0 Å². The lowest BCUT2D eigenvalue weighted by Crippen LogP contribution is -2.38. The third kappa shape index (κ3) is 2.51. The van der Waals surface area contributed by atoms with Crippen LogP contribution >= 0.6 is 0 Å². The van der Waals surface area contributed by atoms with E-state index in [1.54, 1.807) is 11.1 Å². The van der Waals surface area contributed by atoms with Gasteiger partial charge in [0.25, 0.3) is 0 Å². The Balaban J connectivity index is 1.71. The van der Waals surface area contributed by atoms with Crippen LogP contribution in [0.4, 0.5) is 0 Å². The highest BCUT2D eigenvalue weighted by Crippen LogP contribution is 2.38. The second-order valence-corrected chi connectivity index (χ2v) is 6.50. The fourth-order valence-electron chi connectivity index (χ4n) is 4.18. The van der Waals surface area contributed by atoms with E-state index in [0.717, 1.165) is 6.04 Å². The molecule has 0 aromatic heterocycles. The lowest BCUT2D eigenvalue weighted by molar-refractivity contribution is 0.215. The van der Waals surface area contributed by atoms with Crippen molar-refractivity contribution in [3.05, 3.63) is 71.3 Å². The average molecular weight is 277 g/mol. The first-order valence-electron chi connectivity index (χ1n) is 8.28. The zero-order valence-electron chi connectivity index (χ0n) is 12.5. The monoisotopic (exact) mass is 277 g/mol. The van der Waals surface area contributed by atoms with Gasteiger partial charge in [0.2, 0.25) is 0 Å². The fourth-order valence-corrected chi connectivity index (χ4v) is 4.18. The lowest BCUT2D eigenvalue weighted by Gasteiger charge is -2.37. The molecule has 2 atom stereocenters. The number of rotatable bonds is 2. The van der Waals surface area contributed by atoms with Crippen LogP contribution in [0.25, 0.3) is 0 Å². The van der Waals surface area contributed by atoms with Crippen LogP contribution in [-0.4, -0.2) is 24.0 Å². The van der Waals surface area contributed by atoms with E-state index < -0.39 is 0 Å². The van der Waals surface area contributed by atoms with E-state index >= 15 is 0 Å². The van der Waals surface area contributed by atoms with Crippen LogP contribution < -0.4 is 0 Å². The Bertz CT molecular complexity index is 598. The van der Waals surface area contributed by atoms with Gasteiger partial charge in [-0.1, -0.05) is 54.6 Å². The molecule has 0 spiro atoms. The summed E-state index contributed by atoms with van der Waals surface area (Å²) in [5, 5.41) is 0. The number of benzene rings is 2. The van der Waals surface area contributed by atoms with Crippen molar-refractivity contribution in [2.75, 3.05) is 13.1 Å². The summed E-state index contributed by atoms with van der Waals surface area (Å²) >= 11 is 0. The summed E-state index contributed by atoms with van der Waals surface area (Å²) in [5.74, 6) is 0.571. The molecule has 1 fully saturated rings. The third-order valence-electron chi connectivity index (χ3n) is 5.25. The third-order valence-corrected chi connectivity index (χ3v) is 5.25. The average Bonchev–Trinajstić information content (AvgIpc) is 3.09. The molecular formula is C20H23N. The first-order chi connectivity index (χ1) is 10.4. The molecule has 2 unspecified atom stereocenters. The van der Waals surface area contributed by atoms with Gasteiger partial charge in [0, 0.05) is 12.0 Å². The van der Waals surface area contributed by atoms with E-state index in [4.69, 9.17) is 0 Å².